The van der Waals surface area contributed by atoms with Gasteiger partial charge in [0.25, 0.3) is 11.9 Å². The Morgan fingerprint density at radius 3 is 2.20 bits per heavy atom. The molecule has 0 amide bonds. The van der Waals surface area contributed by atoms with Crippen molar-refractivity contribution in [1.82, 2.24) is 0 Å². The number of hydrogen-bond donors (Lipinski definition) is 4. The summed E-state index contributed by atoms with van der Waals surface area (Å²) in [5.74, 6) is -1.81. The highest BCUT2D eigenvalue weighted by Gasteiger charge is 2.04. The first-order valence-electron chi connectivity index (χ1n) is 4.70. The van der Waals surface area contributed by atoms with E-state index in [1.807, 2.05) is 6.92 Å². The lowest BCUT2D eigenvalue weighted by Gasteiger charge is -2.01. The van der Waals surface area contributed by atoms with Crippen LogP contribution in [-0.2, 0) is 6.42 Å². The van der Waals surface area contributed by atoms with Crippen molar-refractivity contribution in [2.24, 2.45) is 0 Å². The summed E-state index contributed by atoms with van der Waals surface area (Å²) in [6, 6.07) is 4.77. The summed E-state index contributed by atoms with van der Waals surface area (Å²) in [5, 5.41) is 36.3. The van der Waals surface area contributed by atoms with Gasteiger partial charge in [-0.05, 0) is 18.1 Å². The molecule has 4 nitrogen and oxygen atoms in total. The average Bonchev–Trinajstić information content (AvgIpc) is 2.17. The topological polar surface area (TPSA) is 80.9 Å². The van der Waals surface area contributed by atoms with E-state index in [9.17, 15) is 0 Å². The van der Waals surface area contributed by atoms with E-state index >= 15 is 0 Å². The summed E-state index contributed by atoms with van der Waals surface area (Å²) in [6.07, 6.45) is 1.47. The summed E-state index contributed by atoms with van der Waals surface area (Å²) in [6.45, 7) is 1.95. The van der Waals surface area contributed by atoms with Crippen LogP contribution < -0.4 is 10.4 Å². The van der Waals surface area contributed by atoms with Crippen molar-refractivity contribution >= 4 is 11.9 Å². The molecular weight excluding hydrogens is 196 g/mol. The lowest BCUT2D eigenvalue weighted by Crippen LogP contribution is -2.33. The number of aryl methyl sites for hydroxylation is 1. The predicted molar refractivity (Wildman–Crippen MR) is 57.0 cm³/mol. The number of aliphatic hydroxyl groups is 4. The maximum atomic E-state index is 9.10. The fourth-order valence-electron chi connectivity index (χ4n) is 1.53. The summed E-state index contributed by atoms with van der Waals surface area (Å²) in [4.78, 5) is 0. The number of aliphatic hydroxyl groups excluding tert-OH is 2. The maximum Gasteiger partial charge on any atom is 0.282 e. The Balaban J connectivity index is 3.68. The summed E-state index contributed by atoms with van der Waals surface area (Å²) >= 11 is 0. The second-order valence-corrected chi connectivity index (χ2v) is 3.24. The first-order chi connectivity index (χ1) is 7.07. The molecule has 0 fully saturated rings. The van der Waals surface area contributed by atoms with Crippen molar-refractivity contribution in [3.63, 3.8) is 0 Å². The normalized spacial score (nSPS) is 9.93. The molecule has 0 heterocycles. The minimum absolute atomic E-state index is 0.0287. The van der Waals surface area contributed by atoms with Crippen LogP contribution in [0.3, 0.4) is 0 Å². The molecule has 1 rings (SSSR count). The van der Waals surface area contributed by atoms with Crippen molar-refractivity contribution < 1.29 is 20.4 Å². The van der Waals surface area contributed by atoms with E-state index < -0.39 is 11.9 Å². The molecule has 0 spiro atoms. The van der Waals surface area contributed by atoms with Crippen LogP contribution in [0.4, 0.5) is 0 Å². The van der Waals surface area contributed by atoms with E-state index in [1.54, 1.807) is 12.1 Å². The number of hydrogen-bond acceptors (Lipinski definition) is 4. The van der Waals surface area contributed by atoms with Gasteiger partial charge in [0.15, 0.2) is 0 Å². The molecule has 0 atom stereocenters. The molecule has 0 unspecified atom stereocenters. The third-order valence-electron chi connectivity index (χ3n) is 2.13. The van der Waals surface area contributed by atoms with Crippen LogP contribution in [-0.4, -0.2) is 20.4 Å². The molecule has 15 heavy (non-hydrogen) atoms. The molecule has 0 saturated heterocycles. The van der Waals surface area contributed by atoms with Gasteiger partial charge in [0.05, 0.1) is 10.4 Å². The summed E-state index contributed by atoms with van der Waals surface area (Å²) in [5.41, 5.74) is 0.676. The minimum Gasteiger partial charge on any atom is -0.481 e. The van der Waals surface area contributed by atoms with Crippen LogP contribution in [0.2, 0.25) is 0 Å². The van der Waals surface area contributed by atoms with Gasteiger partial charge < -0.3 is 20.4 Å². The Bertz CT molecular complexity index is 454. The van der Waals surface area contributed by atoms with Crippen LogP contribution in [0, 0.1) is 0 Å². The van der Waals surface area contributed by atoms with Gasteiger partial charge in [-0.1, -0.05) is 25.5 Å². The van der Waals surface area contributed by atoms with E-state index in [0.717, 1.165) is 6.42 Å². The van der Waals surface area contributed by atoms with Crippen LogP contribution in [0.1, 0.15) is 18.9 Å². The van der Waals surface area contributed by atoms with Gasteiger partial charge in [-0.2, -0.15) is 0 Å². The summed E-state index contributed by atoms with van der Waals surface area (Å²) in [7, 11) is 0. The van der Waals surface area contributed by atoms with Crippen LogP contribution in [0.15, 0.2) is 18.2 Å². The molecule has 0 aliphatic carbocycles. The van der Waals surface area contributed by atoms with Gasteiger partial charge in [0, 0.05) is 0 Å². The Labute approximate surface area is 87.1 Å². The standard InChI is InChI=1S/C11H14O4/c1-2-4-7-5-3-6-8(10(12)13)9(7)11(14)15/h3,5-6,12-15H,2,4H2,1H3. The van der Waals surface area contributed by atoms with Gasteiger partial charge >= 0.3 is 0 Å². The van der Waals surface area contributed by atoms with E-state index in [-0.39, 0.29) is 10.4 Å². The van der Waals surface area contributed by atoms with Gasteiger partial charge in [-0.15, -0.1) is 0 Å². The Kier molecular flexibility index (Phi) is 3.44. The minimum atomic E-state index is -0.913. The van der Waals surface area contributed by atoms with Crippen molar-refractivity contribution in [2.75, 3.05) is 0 Å². The van der Waals surface area contributed by atoms with Gasteiger partial charge in [-0.3, -0.25) is 0 Å². The second kappa shape index (κ2) is 4.59. The van der Waals surface area contributed by atoms with Gasteiger partial charge in [0.2, 0.25) is 0 Å². The van der Waals surface area contributed by atoms with Crippen molar-refractivity contribution in [1.29, 1.82) is 0 Å². The molecule has 0 aliphatic heterocycles. The monoisotopic (exact) mass is 210 g/mol. The highest BCUT2D eigenvalue weighted by molar-refractivity contribution is 5.37. The van der Waals surface area contributed by atoms with Crippen LogP contribution >= 0.6 is 0 Å². The first-order valence-corrected chi connectivity index (χ1v) is 4.70. The Morgan fingerprint density at radius 1 is 1.07 bits per heavy atom. The van der Waals surface area contributed by atoms with Crippen molar-refractivity contribution in [3.8, 4) is 0 Å². The molecule has 0 aliphatic rings. The first kappa shape index (κ1) is 11.2. The molecule has 0 radical (unpaired) electrons. The second-order valence-electron chi connectivity index (χ2n) is 3.24. The SMILES string of the molecule is CCCc1cccc(=C(O)O)c1=C(O)O. The molecule has 0 saturated carbocycles. The van der Waals surface area contributed by atoms with E-state index in [2.05, 4.69) is 0 Å². The lowest BCUT2D eigenvalue weighted by molar-refractivity contribution is 0.288. The highest BCUT2D eigenvalue weighted by Crippen LogP contribution is 1.95. The van der Waals surface area contributed by atoms with E-state index in [0.29, 0.717) is 12.0 Å². The molecular formula is C11H14O4. The number of benzene rings is 1. The zero-order chi connectivity index (χ0) is 11.4. The van der Waals surface area contributed by atoms with Crippen LogP contribution in [0.5, 0.6) is 0 Å². The zero-order valence-corrected chi connectivity index (χ0v) is 8.44. The molecule has 0 aromatic heterocycles. The third-order valence-corrected chi connectivity index (χ3v) is 2.13. The average molecular weight is 210 g/mol. The Hall–Kier alpha value is -1.84. The number of rotatable bonds is 2. The smallest absolute Gasteiger partial charge is 0.282 e. The largest absolute Gasteiger partial charge is 0.481 e. The van der Waals surface area contributed by atoms with E-state index in [1.165, 1.54) is 6.07 Å². The van der Waals surface area contributed by atoms with Crippen molar-refractivity contribution in [2.45, 2.75) is 19.8 Å². The molecule has 4 N–H and O–H groups in total. The quantitative estimate of drug-likeness (QED) is 0.587. The predicted octanol–water partition coefficient (Wildman–Crippen LogP) is 1.00. The lowest BCUT2D eigenvalue weighted by atomic mass is 10.1. The van der Waals surface area contributed by atoms with Crippen LogP contribution in [0.25, 0.3) is 11.9 Å². The fraction of sp³-hybridized carbons (Fsp3) is 0.273. The molecule has 4 heteroatoms. The molecule has 1 aromatic carbocycles. The van der Waals surface area contributed by atoms with E-state index in [4.69, 9.17) is 20.4 Å². The van der Waals surface area contributed by atoms with Crippen molar-refractivity contribution in [3.05, 3.63) is 34.2 Å². The Morgan fingerprint density at radius 2 is 1.73 bits per heavy atom. The maximum absolute atomic E-state index is 9.10. The zero-order valence-electron chi connectivity index (χ0n) is 8.44. The highest BCUT2D eigenvalue weighted by atomic mass is 16.5. The third kappa shape index (κ3) is 2.34. The fourth-order valence-corrected chi connectivity index (χ4v) is 1.53. The molecule has 1 aromatic rings. The molecule has 82 valence electrons. The van der Waals surface area contributed by atoms with Gasteiger partial charge in [0.1, 0.15) is 0 Å². The summed E-state index contributed by atoms with van der Waals surface area (Å²) < 4.78 is 0. The van der Waals surface area contributed by atoms with Gasteiger partial charge in [-0.25, -0.2) is 0 Å². The molecule has 0 bridgehead atoms.